The van der Waals surface area contributed by atoms with E-state index in [1.807, 2.05) is 0 Å². The van der Waals surface area contributed by atoms with Crippen LogP contribution in [0.5, 0.6) is 5.75 Å². The van der Waals surface area contributed by atoms with Crippen molar-refractivity contribution in [3.8, 4) is 5.75 Å². The first-order chi connectivity index (χ1) is 5.66. The average Bonchev–Trinajstić information content (AvgIpc) is 2.08. The highest BCUT2D eigenvalue weighted by Gasteiger charge is 2.11. The molecular weight excluding hydrogens is 178 g/mol. The highest BCUT2D eigenvalue weighted by Crippen LogP contribution is 2.30. The van der Waals surface area contributed by atoms with Crippen LogP contribution in [0.2, 0.25) is 5.02 Å². The Balaban J connectivity index is 3.07. The van der Waals surface area contributed by atoms with Crippen LogP contribution in [-0.2, 0) is 0 Å². The van der Waals surface area contributed by atoms with Crippen molar-refractivity contribution in [2.24, 2.45) is 5.73 Å². The Morgan fingerprint density at radius 1 is 1.50 bits per heavy atom. The van der Waals surface area contributed by atoms with Gasteiger partial charge < -0.3 is 15.9 Å². The fourth-order valence-corrected chi connectivity index (χ4v) is 1.11. The van der Waals surface area contributed by atoms with Crippen LogP contribution in [0.1, 0.15) is 11.7 Å². The molecule has 0 bridgehead atoms. The lowest BCUT2D eigenvalue weighted by atomic mass is 10.1. The van der Waals surface area contributed by atoms with Crippen molar-refractivity contribution in [3.05, 3.63) is 28.8 Å². The van der Waals surface area contributed by atoms with Gasteiger partial charge in [-0.25, -0.2) is 0 Å². The monoisotopic (exact) mass is 187 g/mol. The van der Waals surface area contributed by atoms with Gasteiger partial charge in [0.05, 0.1) is 11.1 Å². The molecular formula is C8H10ClNO2. The van der Waals surface area contributed by atoms with Crippen molar-refractivity contribution in [2.45, 2.75) is 6.10 Å². The van der Waals surface area contributed by atoms with Crippen molar-refractivity contribution >= 4 is 11.6 Å². The van der Waals surface area contributed by atoms with Gasteiger partial charge in [0.15, 0.2) is 0 Å². The number of aromatic hydroxyl groups is 1. The molecule has 1 atom stereocenters. The van der Waals surface area contributed by atoms with Crippen LogP contribution >= 0.6 is 11.6 Å². The molecule has 4 N–H and O–H groups in total. The molecule has 0 unspecified atom stereocenters. The number of aliphatic hydroxyl groups is 1. The molecule has 1 aromatic carbocycles. The van der Waals surface area contributed by atoms with E-state index >= 15 is 0 Å². The molecule has 1 rings (SSSR count). The van der Waals surface area contributed by atoms with Crippen molar-refractivity contribution in [2.75, 3.05) is 6.54 Å². The zero-order chi connectivity index (χ0) is 9.14. The normalized spacial score (nSPS) is 12.9. The molecule has 0 fully saturated rings. The third-order valence-corrected chi connectivity index (χ3v) is 1.91. The summed E-state index contributed by atoms with van der Waals surface area (Å²) in [4.78, 5) is 0. The molecule has 1 aromatic rings. The Kier molecular flexibility index (Phi) is 2.92. The van der Waals surface area contributed by atoms with E-state index in [0.29, 0.717) is 5.56 Å². The van der Waals surface area contributed by atoms with Gasteiger partial charge in [0.2, 0.25) is 0 Å². The van der Waals surface area contributed by atoms with Gasteiger partial charge in [-0.2, -0.15) is 0 Å². The maximum absolute atomic E-state index is 9.35. The van der Waals surface area contributed by atoms with Crippen LogP contribution < -0.4 is 5.73 Å². The summed E-state index contributed by atoms with van der Waals surface area (Å²) in [5, 5.41) is 18.9. The third-order valence-electron chi connectivity index (χ3n) is 1.60. The fourth-order valence-electron chi connectivity index (χ4n) is 0.928. The third kappa shape index (κ3) is 1.69. The van der Waals surface area contributed by atoms with E-state index in [4.69, 9.17) is 17.3 Å². The summed E-state index contributed by atoms with van der Waals surface area (Å²) in [7, 11) is 0. The zero-order valence-corrected chi connectivity index (χ0v) is 7.12. The fraction of sp³-hybridized carbons (Fsp3) is 0.250. The van der Waals surface area contributed by atoms with Crippen LogP contribution in [0, 0.1) is 0 Å². The summed E-state index contributed by atoms with van der Waals surface area (Å²) >= 11 is 5.61. The lowest BCUT2D eigenvalue weighted by Crippen LogP contribution is -2.11. The largest absolute Gasteiger partial charge is 0.506 e. The van der Waals surface area contributed by atoms with Crippen LogP contribution in [-0.4, -0.2) is 16.8 Å². The Bertz CT molecular complexity index is 278. The molecule has 0 heterocycles. The van der Waals surface area contributed by atoms with Gasteiger partial charge in [-0.3, -0.25) is 0 Å². The first kappa shape index (κ1) is 9.32. The Morgan fingerprint density at radius 3 is 2.75 bits per heavy atom. The highest BCUT2D eigenvalue weighted by atomic mass is 35.5. The smallest absolute Gasteiger partial charge is 0.140 e. The number of halogens is 1. The molecule has 0 aliphatic rings. The van der Waals surface area contributed by atoms with E-state index in [-0.39, 0.29) is 17.3 Å². The van der Waals surface area contributed by atoms with Crippen LogP contribution in [0.25, 0.3) is 0 Å². The zero-order valence-electron chi connectivity index (χ0n) is 6.37. The second-order valence-electron chi connectivity index (χ2n) is 2.43. The minimum Gasteiger partial charge on any atom is -0.506 e. The molecule has 3 nitrogen and oxygen atoms in total. The standard InChI is InChI=1S/C8H10ClNO2/c9-6-3-1-2-5(8(6)12)7(11)4-10/h1-3,7,11-12H,4,10H2/t7-/m1/s1. The summed E-state index contributed by atoms with van der Waals surface area (Å²) in [6.45, 7) is 0.0634. The van der Waals surface area contributed by atoms with E-state index in [2.05, 4.69) is 0 Å². The minimum absolute atomic E-state index is 0.0634. The summed E-state index contributed by atoms with van der Waals surface area (Å²) < 4.78 is 0. The summed E-state index contributed by atoms with van der Waals surface area (Å²) in [5.74, 6) is -0.0999. The number of phenolic OH excluding ortho intramolecular Hbond substituents is 1. The molecule has 0 aliphatic carbocycles. The van der Waals surface area contributed by atoms with Gasteiger partial charge in [0.1, 0.15) is 5.75 Å². The van der Waals surface area contributed by atoms with Crippen molar-refractivity contribution < 1.29 is 10.2 Å². The number of phenols is 1. The van der Waals surface area contributed by atoms with Crippen LogP contribution in [0.3, 0.4) is 0 Å². The molecule has 4 heteroatoms. The first-order valence-corrected chi connectivity index (χ1v) is 3.90. The van der Waals surface area contributed by atoms with Gasteiger partial charge in [-0.1, -0.05) is 23.7 Å². The summed E-state index contributed by atoms with van der Waals surface area (Å²) in [5.41, 5.74) is 5.58. The second kappa shape index (κ2) is 3.76. The molecule has 0 saturated carbocycles. The predicted molar refractivity (Wildman–Crippen MR) is 47.1 cm³/mol. The number of hydrogen-bond acceptors (Lipinski definition) is 3. The van der Waals surface area contributed by atoms with Gasteiger partial charge in [0.25, 0.3) is 0 Å². The highest BCUT2D eigenvalue weighted by molar-refractivity contribution is 6.32. The van der Waals surface area contributed by atoms with Crippen molar-refractivity contribution in [3.63, 3.8) is 0 Å². The summed E-state index contributed by atoms with van der Waals surface area (Å²) in [6, 6.07) is 4.78. The molecule has 12 heavy (non-hydrogen) atoms. The maximum Gasteiger partial charge on any atom is 0.140 e. The van der Waals surface area contributed by atoms with Gasteiger partial charge >= 0.3 is 0 Å². The van der Waals surface area contributed by atoms with Crippen LogP contribution in [0.15, 0.2) is 18.2 Å². The lowest BCUT2D eigenvalue weighted by molar-refractivity contribution is 0.182. The van der Waals surface area contributed by atoms with Crippen molar-refractivity contribution in [1.29, 1.82) is 0 Å². The molecule has 66 valence electrons. The number of benzene rings is 1. The maximum atomic E-state index is 9.35. The molecule has 0 aliphatic heterocycles. The molecule has 0 spiro atoms. The van der Waals surface area contributed by atoms with Crippen LogP contribution in [0.4, 0.5) is 0 Å². The average molecular weight is 188 g/mol. The lowest BCUT2D eigenvalue weighted by Gasteiger charge is -2.10. The van der Waals surface area contributed by atoms with E-state index in [9.17, 15) is 10.2 Å². The second-order valence-corrected chi connectivity index (χ2v) is 2.84. The topological polar surface area (TPSA) is 66.5 Å². The Labute approximate surface area is 75.4 Å². The number of rotatable bonds is 2. The quantitative estimate of drug-likeness (QED) is 0.648. The number of para-hydroxylation sites is 1. The van der Waals surface area contributed by atoms with E-state index in [1.165, 1.54) is 0 Å². The van der Waals surface area contributed by atoms with E-state index in [1.54, 1.807) is 18.2 Å². The molecule has 0 amide bonds. The first-order valence-electron chi connectivity index (χ1n) is 3.52. The van der Waals surface area contributed by atoms with Crippen molar-refractivity contribution in [1.82, 2.24) is 0 Å². The van der Waals surface area contributed by atoms with Gasteiger partial charge in [-0.05, 0) is 6.07 Å². The van der Waals surface area contributed by atoms with Gasteiger partial charge in [0, 0.05) is 12.1 Å². The Morgan fingerprint density at radius 2 is 2.17 bits per heavy atom. The molecule has 0 aromatic heterocycles. The Hall–Kier alpha value is -0.770. The molecule has 0 radical (unpaired) electrons. The number of hydrogen-bond donors (Lipinski definition) is 3. The summed E-state index contributed by atoms with van der Waals surface area (Å²) in [6.07, 6.45) is -0.858. The van der Waals surface area contributed by atoms with E-state index in [0.717, 1.165) is 0 Å². The number of nitrogens with two attached hydrogens (primary N) is 1. The SMILES string of the molecule is NC[C@@H](O)c1cccc(Cl)c1O. The molecule has 0 saturated heterocycles. The minimum atomic E-state index is -0.858. The predicted octanol–water partition coefficient (Wildman–Crippen LogP) is 1.04. The van der Waals surface area contributed by atoms with Gasteiger partial charge in [-0.15, -0.1) is 0 Å². The number of aliphatic hydroxyl groups excluding tert-OH is 1. The van der Waals surface area contributed by atoms with E-state index < -0.39 is 6.10 Å².